The van der Waals surface area contributed by atoms with E-state index in [0.29, 0.717) is 19.3 Å². The minimum Gasteiger partial charge on any atom is -0.462 e. The van der Waals surface area contributed by atoms with E-state index in [-0.39, 0.29) is 31.1 Å². The van der Waals surface area contributed by atoms with Gasteiger partial charge in [0.05, 0.1) is 0 Å². The highest BCUT2D eigenvalue weighted by molar-refractivity contribution is 5.71. The Hall–Kier alpha value is -1.85. The van der Waals surface area contributed by atoms with Crippen LogP contribution in [0.25, 0.3) is 0 Å². The largest absolute Gasteiger partial charge is 0.462 e. The van der Waals surface area contributed by atoms with Crippen LogP contribution in [0.15, 0.2) is 12.2 Å². The second-order valence-corrected chi connectivity index (χ2v) is 21.7. The predicted octanol–water partition coefficient (Wildman–Crippen LogP) is 21.3. The smallest absolute Gasteiger partial charge is 0.306 e. The Morgan fingerprint density at radius 1 is 0.271 bits per heavy atom. The molecule has 0 saturated carbocycles. The zero-order valence-electron chi connectivity index (χ0n) is 47.6. The molecule has 6 heteroatoms. The topological polar surface area (TPSA) is 78.9 Å². The van der Waals surface area contributed by atoms with Crippen LogP contribution in [0.5, 0.6) is 0 Å². The van der Waals surface area contributed by atoms with Gasteiger partial charge in [0.2, 0.25) is 0 Å². The van der Waals surface area contributed by atoms with E-state index >= 15 is 0 Å². The number of allylic oxidation sites excluding steroid dienone is 2. The van der Waals surface area contributed by atoms with Crippen LogP contribution in [0.3, 0.4) is 0 Å². The lowest BCUT2D eigenvalue weighted by atomic mass is 10.0. The quantitative estimate of drug-likeness (QED) is 0.0261. The second kappa shape index (κ2) is 59.7. The van der Waals surface area contributed by atoms with Crippen LogP contribution in [0.4, 0.5) is 0 Å². The summed E-state index contributed by atoms with van der Waals surface area (Å²) < 4.78 is 16.9. The van der Waals surface area contributed by atoms with E-state index < -0.39 is 6.10 Å². The fourth-order valence-corrected chi connectivity index (χ4v) is 9.74. The molecule has 0 aliphatic carbocycles. The van der Waals surface area contributed by atoms with Crippen molar-refractivity contribution in [1.82, 2.24) is 0 Å². The third kappa shape index (κ3) is 57.1. The monoisotopic (exact) mass is 987 g/mol. The molecule has 0 saturated heterocycles. The van der Waals surface area contributed by atoms with Gasteiger partial charge in [-0.2, -0.15) is 0 Å². The van der Waals surface area contributed by atoms with E-state index in [1.165, 1.54) is 263 Å². The van der Waals surface area contributed by atoms with Gasteiger partial charge >= 0.3 is 17.9 Å². The second-order valence-electron chi connectivity index (χ2n) is 21.7. The molecule has 0 aromatic rings. The number of rotatable bonds is 59. The number of hydrogen-bond acceptors (Lipinski definition) is 6. The van der Waals surface area contributed by atoms with E-state index in [2.05, 4.69) is 32.9 Å². The Kier molecular flexibility index (Phi) is 58.1. The summed E-state index contributed by atoms with van der Waals surface area (Å²) in [6.45, 7) is 6.70. The Bertz CT molecular complexity index is 1090. The van der Waals surface area contributed by atoms with Gasteiger partial charge in [0.1, 0.15) is 13.2 Å². The standard InChI is InChI=1S/C64H122O6/c1-4-7-10-13-16-19-22-25-26-27-28-29-30-31-32-33-34-35-36-37-38-40-42-45-48-51-54-57-63(66)69-60-61(59-68-62(65)56-53-50-47-44-41-24-21-18-15-12-9-6-3)70-64(67)58-55-52-49-46-43-39-23-20-17-14-11-8-5-2/h27-28,61H,4-26,29-60H2,1-3H3/b28-27-. The molecule has 0 aliphatic heterocycles. The lowest BCUT2D eigenvalue weighted by Crippen LogP contribution is -2.30. The van der Waals surface area contributed by atoms with Crippen LogP contribution >= 0.6 is 0 Å². The minimum absolute atomic E-state index is 0.0630. The molecule has 0 aromatic heterocycles. The molecule has 0 radical (unpaired) electrons. The van der Waals surface area contributed by atoms with Gasteiger partial charge in [-0.15, -0.1) is 0 Å². The van der Waals surface area contributed by atoms with Gasteiger partial charge < -0.3 is 14.2 Å². The maximum Gasteiger partial charge on any atom is 0.306 e. The molecule has 0 heterocycles. The lowest BCUT2D eigenvalue weighted by molar-refractivity contribution is -0.167. The molecule has 0 aliphatic rings. The van der Waals surface area contributed by atoms with E-state index in [1.807, 2.05) is 0 Å². The summed E-state index contributed by atoms with van der Waals surface area (Å²) >= 11 is 0. The Balaban J connectivity index is 4.12. The number of unbranched alkanes of at least 4 members (excludes halogenated alkanes) is 46. The van der Waals surface area contributed by atoms with Crippen LogP contribution in [-0.2, 0) is 28.6 Å². The highest BCUT2D eigenvalue weighted by atomic mass is 16.6. The molecule has 0 amide bonds. The van der Waals surface area contributed by atoms with E-state index in [1.54, 1.807) is 0 Å². The number of ether oxygens (including phenoxy) is 3. The van der Waals surface area contributed by atoms with Crippen molar-refractivity contribution >= 4 is 17.9 Å². The SMILES string of the molecule is CCCCCCCCCC/C=C\CCCCCCCCCCCCCCCCCC(=O)OCC(COC(=O)CCCCCCCCCCCCCC)OC(=O)CCCCCCCCCCCCCCC. The third-order valence-electron chi connectivity index (χ3n) is 14.5. The van der Waals surface area contributed by atoms with Gasteiger partial charge in [0, 0.05) is 19.3 Å². The fourth-order valence-electron chi connectivity index (χ4n) is 9.74. The highest BCUT2D eigenvalue weighted by Crippen LogP contribution is 2.18. The van der Waals surface area contributed by atoms with Gasteiger partial charge in [-0.3, -0.25) is 14.4 Å². The molecule has 70 heavy (non-hydrogen) atoms. The molecule has 0 fully saturated rings. The van der Waals surface area contributed by atoms with Crippen molar-refractivity contribution in [3.05, 3.63) is 12.2 Å². The van der Waals surface area contributed by atoms with Crippen molar-refractivity contribution < 1.29 is 28.6 Å². The van der Waals surface area contributed by atoms with E-state index in [9.17, 15) is 14.4 Å². The maximum atomic E-state index is 12.8. The molecule has 6 nitrogen and oxygen atoms in total. The Morgan fingerprint density at radius 2 is 0.471 bits per heavy atom. The molecule has 0 rings (SSSR count). The average Bonchev–Trinajstić information content (AvgIpc) is 3.36. The van der Waals surface area contributed by atoms with Crippen molar-refractivity contribution in [3.8, 4) is 0 Å². The molecular formula is C64H122O6. The molecule has 0 spiro atoms. The Labute approximate surface area is 437 Å². The zero-order chi connectivity index (χ0) is 50.7. The van der Waals surface area contributed by atoms with E-state index in [0.717, 1.165) is 57.8 Å². The summed E-state index contributed by atoms with van der Waals surface area (Å²) in [7, 11) is 0. The van der Waals surface area contributed by atoms with Crippen LogP contribution in [0.2, 0.25) is 0 Å². The minimum atomic E-state index is -0.763. The molecule has 0 N–H and O–H groups in total. The molecule has 414 valence electrons. The molecule has 0 aromatic carbocycles. The first-order chi connectivity index (χ1) is 34.5. The maximum absolute atomic E-state index is 12.8. The summed E-state index contributed by atoms with van der Waals surface area (Å²) in [4.78, 5) is 38.2. The summed E-state index contributed by atoms with van der Waals surface area (Å²) in [5, 5.41) is 0. The van der Waals surface area contributed by atoms with Gasteiger partial charge in [0.25, 0.3) is 0 Å². The number of carbonyl (C=O) groups is 3. The summed E-state index contributed by atoms with van der Waals surface area (Å²) in [5.41, 5.74) is 0. The first-order valence-electron chi connectivity index (χ1n) is 31.7. The predicted molar refractivity (Wildman–Crippen MR) is 303 cm³/mol. The first kappa shape index (κ1) is 68.2. The fraction of sp³-hybridized carbons (Fsp3) is 0.922. The first-order valence-corrected chi connectivity index (χ1v) is 31.7. The van der Waals surface area contributed by atoms with Gasteiger partial charge in [0.15, 0.2) is 6.10 Å². The summed E-state index contributed by atoms with van der Waals surface area (Å²) in [5.74, 6) is -0.836. The lowest BCUT2D eigenvalue weighted by Gasteiger charge is -2.18. The van der Waals surface area contributed by atoms with E-state index in [4.69, 9.17) is 14.2 Å². The molecule has 0 bridgehead atoms. The van der Waals surface area contributed by atoms with Gasteiger partial charge in [-0.05, 0) is 44.9 Å². The van der Waals surface area contributed by atoms with Crippen LogP contribution in [0, 0.1) is 0 Å². The third-order valence-corrected chi connectivity index (χ3v) is 14.5. The van der Waals surface area contributed by atoms with Gasteiger partial charge in [-0.1, -0.05) is 309 Å². The van der Waals surface area contributed by atoms with Crippen molar-refractivity contribution in [2.75, 3.05) is 13.2 Å². The highest BCUT2D eigenvalue weighted by Gasteiger charge is 2.19. The number of carbonyl (C=O) groups excluding carboxylic acids is 3. The van der Waals surface area contributed by atoms with Crippen molar-refractivity contribution in [2.24, 2.45) is 0 Å². The van der Waals surface area contributed by atoms with Crippen molar-refractivity contribution in [1.29, 1.82) is 0 Å². The van der Waals surface area contributed by atoms with Crippen LogP contribution in [-0.4, -0.2) is 37.2 Å². The zero-order valence-corrected chi connectivity index (χ0v) is 47.6. The molecule has 1 unspecified atom stereocenters. The number of hydrogen-bond donors (Lipinski definition) is 0. The summed E-state index contributed by atoms with van der Waals surface area (Å²) in [6.07, 6.45) is 69.4. The van der Waals surface area contributed by atoms with Crippen LogP contribution in [0.1, 0.15) is 361 Å². The van der Waals surface area contributed by atoms with Crippen molar-refractivity contribution in [3.63, 3.8) is 0 Å². The molecule has 1 atom stereocenters. The molecular weight excluding hydrogens is 865 g/mol. The summed E-state index contributed by atoms with van der Waals surface area (Å²) in [6, 6.07) is 0. The van der Waals surface area contributed by atoms with Gasteiger partial charge in [-0.25, -0.2) is 0 Å². The van der Waals surface area contributed by atoms with Crippen LogP contribution < -0.4 is 0 Å². The number of esters is 3. The Morgan fingerprint density at radius 3 is 0.714 bits per heavy atom. The average molecular weight is 988 g/mol. The van der Waals surface area contributed by atoms with Crippen molar-refractivity contribution in [2.45, 2.75) is 367 Å². The normalized spacial score (nSPS) is 12.0.